The predicted octanol–water partition coefficient (Wildman–Crippen LogP) is 1.63. The number of nitrogens with one attached hydrogen (secondary N) is 1. The molecule has 2 aliphatic heterocycles. The lowest BCUT2D eigenvalue weighted by Gasteiger charge is -2.43. The van der Waals surface area contributed by atoms with Gasteiger partial charge in [-0.05, 0) is 31.0 Å². The molecule has 0 spiro atoms. The van der Waals surface area contributed by atoms with Crippen LogP contribution >= 0.6 is 0 Å². The van der Waals surface area contributed by atoms with Crippen LogP contribution in [0.25, 0.3) is 0 Å². The molecular formula is C11H14N4O. The Kier molecular flexibility index (Phi) is 1.92. The van der Waals surface area contributed by atoms with Crippen molar-refractivity contribution >= 4 is 23.1 Å². The number of rotatable bonds is 0. The summed E-state index contributed by atoms with van der Waals surface area (Å²) in [5.74, 6) is 0. The Morgan fingerprint density at radius 1 is 1.19 bits per heavy atom. The van der Waals surface area contributed by atoms with Gasteiger partial charge in [-0.25, -0.2) is 9.80 Å². The predicted molar refractivity (Wildman–Crippen MR) is 63.2 cm³/mol. The van der Waals surface area contributed by atoms with Crippen molar-refractivity contribution in [3.63, 3.8) is 0 Å². The molecular weight excluding hydrogens is 204 g/mol. The van der Waals surface area contributed by atoms with Crippen LogP contribution in [0.15, 0.2) is 18.2 Å². The number of benzene rings is 1. The molecule has 84 valence electrons. The van der Waals surface area contributed by atoms with E-state index < -0.39 is 0 Å². The number of carbonyl (C=O) groups is 1. The van der Waals surface area contributed by atoms with Crippen LogP contribution in [-0.2, 0) is 0 Å². The fraction of sp³-hybridized carbons (Fsp3) is 0.364. The van der Waals surface area contributed by atoms with Gasteiger partial charge in [-0.1, -0.05) is 0 Å². The number of nitrogen functional groups attached to an aromatic ring is 1. The van der Waals surface area contributed by atoms with E-state index in [-0.39, 0.29) is 6.03 Å². The Labute approximate surface area is 93.8 Å². The molecule has 3 rings (SSSR count). The molecule has 1 fully saturated rings. The minimum atomic E-state index is -0.0576. The van der Waals surface area contributed by atoms with Crippen LogP contribution in [0.4, 0.5) is 21.9 Å². The van der Waals surface area contributed by atoms with Crippen molar-refractivity contribution in [2.24, 2.45) is 0 Å². The molecule has 2 amide bonds. The van der Waals surface area contributed by atoms with Crippen molar-refractivity contribution in [3.8, 4) is 0 Å². The number of nitrogens with two attached hydrogens (primary N) is 1. The van der Waals surface area contributed by atoms with Gasteiger partial charge in [0.2, 0.25) is 0 Å². The molecule has 1 saturated heterocycles. The zero-order valence-corrected chi connectivity index (χ0v) is 8.94. The summed E-state index contributed by atoms with van der Waals surface area (Å²) in [5, 5.41) is 6.67. The SMILES string of the molecule is Nc1ccc2c(c1)NC(=O)N1CCCCN21. The summed E-state index contributed by atoms with van der Waals surface area (Å²) < 4.78 is 0. The number of fused-ring (bicyclic) bond motifs is 3. The third-order valence-corrected chi connectivity index (χ3v) is 3.06. The standard InChI is InChI=1S/C11H14N4O/c12-8-3-4-10-9(7-8)13-11(16)15-6-2-1-5-14(10)15/h3-4,7H,1-2,5-6,12H2,(H,13,16). The summed E-state index contributed by atoms with van der Waals surface area (Å²) in [5.41, 5.74) is 8.23. The minimum Gasteiger partial charge on any atom is -0.399 e. The van der Waals surface area contributed by atoms with Crippen molar-refractivity contribution in [2.75, 3.05) is 29.1 Å². The van der Waals surface area contributed by atoms with E-state index in [1.54, 1.807) is 11.1 Å². The Balaban J connectivity index is 2.06. The number of amides is 2. The van der Waals surface area contributed by atoms with Crippen LogP contribution in [0.5, 0.6) is 0 Å². The first-order chi connectivity index (χ1) is 7.75. The number of hydrazine groups is 1. The molecule has 0 aromatic heterocycles. The topological polar surface area (TPSA) is 61.6 Å². The number of nitrogens with zero attached hydrogens (tertiary/aromatic N) is 2. The molecule has 5 nitrogen and oxygen atoms in total. The van der Waals surface area contributed by atoms with Crippen LogP contribution in [0, 0.1) is 0 Å². The number of urea groups is 1. The molecule has 2 aliphatic rings. The molecule has 0 unspecified atom stereocenters. The van der Waals surface area contributed by atoms with Gasteiger partial charge in [0.25, 0.3) is 0 Å². The minimum absolute atomic E-state index is 0.0576. The monoisotopic (exact) mass is 218 g/mol. The van der Waals surface area contributed by atoms with E-state index in [1.807, 2.05) is 17.1 Å². The number of anilines is 3. The van der Waals surface area contributed by atoms with E-state index in [0.29, 0.717) is 5.69 Å². The van der Waals surface area contributed by atoms with Gasteiger partial charge in [-0.15, -0.1) is 0 Å². The summed E-state index contributed by atoms with van der Waals surface area (Å²) in [6.07, 6.45) is 2.18. The summed E-state index contributed by atoms with van der Waals surface area (Å²) >= 11 is 0. The Morgan fingerprint density at radius 2 is 1.94 bits per heavy atom. The van der Waals surface area contributed by atoms with Crippen molar-refractivity contribution in [1.29, 1.82) is 0 Å². The van der Waals surface area contributed by atoms with E-state index in [0.717, 1.165) is 37.3 Å². The van der Waals surface area contributed by atoms with Gasteiger partial charge < -0.3 is 11.1 Å². The highest BCUT2D eigenvalue weighted by Gasteiger charge is 2.31. The van der Waals surface area contributed by atoms with Crippen LogP contribution < -0.4 is 16.1 Å². The van der Waals surface area contributed by atoms with Crippen LogP contribution in [0.3, 0.4) is 0 Å². The van der Waals surface area contributed by atoms with Gasteiger partial charge in [0.15, 0.2) is 0 Å². The maximum absolute atomic E-state index is 11.8. The molecule has 0 radical (unpaired) electrons. The normalized spacial score (nSPS) is 18.9. The maximum atomic E-state index is 11.8. The maximum Gasteiger partial charge on any atom is 0.340 e. The van der Waals surface area contributed by atoms with E-state index in [9.17, 15) is 4.79 Å². The van der Waals surface area contributed by atoms with E-state index >= 15 is 0 Å². The quantitative estimate of drug-likeness (QED) is 0.651. The smallest absolute Gasteiger partial charge is 0.340 e. The first-order valence-corrected chi connectivity index (χ1v) is 5.51. The fourth-order valence-corrected chi connectivity index (χ4v) is 2.28. The van der Waals surface area contributed by atoms with Gasteiger partial charge in [-0.3, -0.25) is 5.01 Å². The Morgan fingerprint density at radius 3 is 2.75 bits per heavy atom. The summed E-state index contributed by atoms with van der Waals surface area (Å²) in [7, 11) is 0. The molecule has 0 aliphatic carbocycles. The first-order valence-electron chi connectivity index (χ1n) is 5.51. The number of carbonyl (C=O) groups excluding carboxylic acids is 1. The average molecular weight is 218 g/mol. The highest BCUT2D eigenvalue weighted by atomic mass is 16.2. The van der Waals surface area contributed by atoms with Gasteiger partial charge in [0, 0.05) is 18.8 Å². The van der Waals surface area contributed by atoms with E-state index in [4.69, 9.17) is 5.73 Å². The zero-order chi connectivity index (χ0) is 11.1. The summed E-state index contributed by atoms with van der Waals surface area (Å²) in [6, 6.07) is 5.57. The second-order valence-corrected chi connectivity index (χ2v) is 4.16. The molecule has 1 aromatic rings. The number of hydrogen-bond donors (Lipinski definition) is 2. The van der Waals surface area contributed by atoms with Gasteiger partial charge in [0.05, 0.1) is 11.4 Å². The Hall–Kier alpha value is -1.91. The number of hydrogen-bond acceptors (Lipinski definition) is 3. The van der Waals surface area contributed by atoms with Crippen LogP contribution in [0.2, 0.25) is 0 Å². The van der Waals surface area contributed by atoms with Gasteiger partial charge in [-0.2, -0.15) is 0 Å². The highest BCUT2D eigenvalue weighted by Crippen LogP contribution is 2.34. The van der Waals surface area contributed by atoms with Crippen molar-refractivity contribution in [2.45, 2.75) is 12.8 Å². The first kappa shape index (κ1) is 9.33. The van der Waals surface area contributed by atoms with Crippen molar-refractivity contribution in [1.82, 2.24) is 5.01 Å². The molecule has 2 heterocycles. The summed E-state index contributed by atoms with van der Waals surface area (Å²) in [4.78, 5) is 11.8. The lowest BCUT2D eigenvalue weighted by atomic mass is 10.1. The van der Waals surface area contributed by atoms with E-state index in [1.165, 1.54) is 0 Å². The van der Waals surface area contributed by atoms with Crippen molar-refractivity contribution in [3.05, 3.63) is 18.2 Å². The van der Waals surface area contributed by atoms with Crippen molar-refractivity contribution < 1.29 is 4.79 Å². The largest absolute Gasteiger partial charge is 0.399 e. The second kappa shape index (κ2) is 3.30. The van der Waals surface area contributed by atoms with E-state index in [2.05, 4.69) is 5.32 Å². The average Bonchev–Trinajstić information content (AvgIpc) is 2.29. The Bertz CT molecular complexity index is 446. The summed E-state index contributed by atoms with van der Waals surface area (Å²) in [6.45, 7) is 1.68. The van der Waals surface area contributed by atoms with Crippen LogP contribution in [-0.4, -0.2) is 24.1 Å². The fourth-order valence-electron chi connectivity index (χ4n) is 2.28. The lowest BCUT2D eigenvalue weighted by Crippen LogP contribution is -2.55. The zero-order valence-electron chi connectivity index (χ0n) is 8.94. The molecule has 3 N–H and O–H groups in total. The molecule has 0 saturated carbocycles. The molecule has 0 atom stereocenters. The molecule has 0 bridgehead atoms. The third kappa shape index (κ3) is 1.28. The van der Waals surface area contributed by atoms with Gasteiger partial charge in [0.1, 0.15) is 0 Å². The third-order valence-electron chi connectivity index (χ3n) is 3.06. The van der Waals surface area contributed by atoms with Crippen LogP contribution in [0.1, 0.15) is 12.8 Å². The lowest BCUT2D eigenvalue weighted by molar-refractivity contribution is 0.191. The highest BCUT2D eigenvalue weighted by molar-refractivity contribution is 5.98. The molecule has 16 heavy (non-hydrogen) atoms. The van der Waals surface area contributed by atoms with Gasteiger partial charge >= 0.3 is 6.03 Å². The molecule has 1 aromatic carbocycles. The second-order valence-electron chi connectivity index (χ2n) is 4.16. The molecule has 5 heteroatoms.